The van der Waals surface area contributed by atoms with E-state index in [1.807, 2.05) is 20.8 Å². The van der Waals surface area contributed by atoms with Crippen LogP contribution in [0.4, 0.5) is 0 Å². The molecule has 2 aliphatic heterocycles. The second-order valence-corrected chi connectivity index (χ2v) is 10.0. The quantitative estimate of drug-likeness (QED) is 0.327. The number of hydrogen-bond donors (Lipinski definition) is 0. The van der Waals surface area contributed by atoms with Crippen LogP contribution in [0.1, 0.15) is 67.2 Å². The van der Waals surface area contributed by atoms with Crippen LogP contribution in [0.2, 0.25) is 0 Å². The molecule has 6 atom stereocenters. The lowest BCUT2D eigenvalue weighted by Crippen LogP contribution is -2.38. The summed E-state index contributed by atoms with van der Waals surface area (Å²) in [4.78, 5) is 48.6. The molecular formula is C24H38O8. The minimum atomic E-state index is -0.623. The third-order valence-corrected chi connectivity index (χ3v) is 5.73. The number of carbonyl (C=O) groups excluding carboxylic acids is 4. The summed E-state index contributed by atoms with van der Waals surface area (Å²) in [7, 11) is 0. The maximum atomic E-state index is 12.8. The Kier molecular flexibility index (Phi) is 9.83. The van der Waals surface area contributed by atoms with Crippen LogP contribution in [-0.2, 0) is 38.1 Å². The predicted octanol–water partition coefficient (Wildman–Crippen LogP) is 2.89. The normalized spacial score (nSPS) is 26.6. The van der Waals surface area contributed by atoms with E-state index in [1.165, 1.54) is 6.92 Å². The first-order chi connectivity index (χ1) is 15.0. The summed E-state index contributed by atoms with van der Waals surface area (Å²) in [5.41, 5.74) is 0. The van der Waals surface area contributed by atoms with E-state index in [9.17, 15) is 19.2 Å². The van der Waals surface area contributed by atoms with Crippen molar-refractivity contribution < 1.29 is 38.1 Å². The van der Waals surface area contributed by atoms with Gasteiger partial charge in [-0.3, -0.25) is 19.2 Å². The van der Waals surface area contributed by atoms with Gasteiger partial charge < -0.3 is 18.9 Å². The number of rotatable bonds is 12. The number of Topliss-reactive ketones (excluding diaryl/α,β-unsaturated/α-hetero) is 2. The van der Waals surface area contributed by atoms with E-state index in [0.29, 0.717) is 12.3 Å². The molecule has 32 heavy (non-hydrogen) atoms. The Balaban J connectivity index is 1.93. The molecule has 0 amide bonds. The van der Waals surface area contributed by atoms with Gasteiger partial charge in [0.15, 0.2) is 12.2 Å². The van der Waals surface area contributed by atoms with Gasteiger partial charge in [-0.1, -0.05) is 34.6 Å². The van der Waals surface area contributed by atoms with Crippen molar-refractivity contribution in [2.24, 2.45) is 23.7 Å². The monoisotopic (exact) mass is 454 g/mol. The first-order valence-corrected chi connectivity index (χ1v) is 11.6. The third-order valence-electron chi connectivity index (χ3n) is 5.73. The van der Waals surface area contributed by atoms with Crippen molar-refractivity contribution in [1.29, 1.82) is 0 Å². The molecule has 0 aromatic heterocycles. The minimum Gasteiger partial charge on any atom is -0.457 e. The zero-order chi connectivity index (χ0) is 24.0. The fraction of sp³-hybridized carbons (Fsp3) is 0.833. The van der Waals surface area contributed by atoms with Crippen LogP contribution >= 0.6 is 0 Å². The predicted molar refractivity (Wildman–Crippen MR) is 116 cm³/mol. The highest BCUT2D eigenvalue weighted by Crippen LogP contribution is 2.32. The van der Waals surface area contributed by atoms with E-state index in [2.05, 4.69) is 13.8 Å². The zero-order valence-electron chi connectivity index (χ0n) is 20.1. The highest BCUT2D eigenvalue weighted by molar-refractivity contribution is 5.99. The first kappa shape index (κ1) is 26.5. The van der Waals surface area contributed by atoms with Crippen LogP contribution in [0.25, 0.3) is 0 Å². The van der Waals surface area contributed by atoms with Gasteiger partial charge in [0.25, 0.3) is 0 Å². The molecule has 0 aromatic rings. The van der Waals surface area contributed by atoms with E-state index in [1.54, 1.807) is 0 Å². The van der Waals surface area contributed by atoms with Crippen LogP contribution in [-0.4, -0.2) is 61.1 Å². The van der Waals surface area contributed by atoms with Crippen LogP contribution in [0.5, 0.6) is 0 Å². The van der Waals surface area contributed by atoms with E-state index >= 15 is 0 Å². The van der Waals surface area contributed by atoms with Crippen molar-refractivity contribution in [3.8, 4) is 0 Å². The van der Waals surface area contributed by atoms with E-state index in [-0.39, 0.29) is 55.4 Å². The minimum absolute atomic E-state index is 0.0207. The maximum absolute atomic E-state index is 12.8. The molecule has 2 aliphatic rings. The summed E-state index contributed by atoms with van der Waals surface area (Å²) < 4.78 is 22.8. The number of hydrogen-bond acceptors (Lipinski definition) is 8. The average Bonchev–Trinajstić information content (AvgIpc) is 3.23. The summed E-state index contributed by atoms with van der Waals surface area (Å²) in [5.74, 6) is -1.51. The lowest BCUT2D eigenvalue weighted by molar-refractivity contribution is -0.161. The molecule has 0 spiro atoms. The molecule has 0 aliphatic carbocycles. The second-order valence-electron chi connectivity index (χ2n) is 10.0. The molecule has 8 heteroatoms. The highest BCUT2D eigenvalue weighted by Gasteiger charge is 2.51. The van der Waals surface area contributed by atoms with Crippen molar-refractivity contribution in [3.63, 3.8) is 0 Å². The Labute approximate surface area is 190 Å². The lowest BCUT2D eigenvalue weighted by Gasteiger charge is -2.22. The van der Waals surface area contributed by atoms with Crippen molar-refractivity contribution in [1.82, 2.24) is 0 Å². The van der Waals surface area contributed by atoms with E-state index < -0.39 is 36.3 Å². The molecule has 2 rings (SSSR count). The Hall–Kier alpha value is -1.80. The third kappa shape index (κ3) is 7.66. The largest absolute Gasteiger partial charge is 0.457 e. The van der Waals surface area contributed by atoms with Gasteiger partial charge in [0.1, 0.15) is 23.8 Å². The number of fused-ring (bicyclic) bond motifs is 1. The van der Waals surface area contributed by atoms with Gasteiger partial charge in [0.05, 0.1) is 31.5 Å². The zero-order valence-corrected chi connectivity index (χ0v) is 20.1. The Morgan fingerprint density at radius 3 is 1.78 bits per heavy atom. The van der Waals surface area contributed by atoms with Crippen LogP contribution < -0.4 is 0 Å². The SMILES string of the molecule is CC(=O)CC(=O)CC(CC(C)C)C(=O)OC1COC2C(OC(=O)C(C)CC(C)C)COC12. The van der Waals surface area contributed by atoms with Gasteiger partial charge in [-0.25, -0.2) is 0 Å². The molecular weight excluding hydrogens is 416 g/mol. The Morgan fingerprint density at radius 2 is 1.31 bits per heavy atom. The second kappa shape index (κ2) is 11.9. The Bertz CT molecular complexity index is 685. The highest BCUT2D eigenvalue weighted by atomic mass is 16.7. The fourth-order valence-electron chi connectivity index (χ4n) is 4.40. The molecule has 6 unspecified atom stereocenters. The van der Waals surface area contributed by atoms with Gasteiger partial charge in [-0.15, -0.1) is 0 Å². The molecule has 0 N–H and O–H groups in total. The van der Waals surface area contributed by atoms with Crippen molar-refractivity contribution in [2.45, 2.75) is 91.6 Å². The van der Waals surface area contributed by atoms with Crippen LogP contribution in [0.15, 0.2) is 0 Å². The average molecular weight is 455 g/mol. The van der Waals surface area contributed by atoms with Crippen molar-refractivity contribution >= 4 is 23.5 Å². The lowest BCUT2D eigenvalue weighted by atomic mass is 9.91. The molecule has 0 aromatic carbocycles. The molecule has 0 bridgehead atoms. The fourth-order valence-corrected chi connectivity index (χ4v) is 4.40. The summed E-state index contributed by atoms with van der Waals surface area (Å²) in [6, 6.07) is 0. The topological polar surface area (TPSA) is 105 Å². The maximum Gasteiger partial charge on any atom is 0.309 e. The standard InChI is InChI=1S/C24H38O8/c1-13(2)7-15(5)23(27)31-19-11-29-22-20(12-30-21(19)22)32-24(28)17(8-14(3)4)10-18(26)9-16(6)25/h13-15,17,19-22H,7-12H2,1-6H3. The first-order valence-electron chi connectivity index (χ1n) is 11.6. The number of ketones is 2. The number of esters is 2. The Morgan fingerprint density at radius 1 is 0.812 bits per heavy atom. The molecule has 2 saturated heterocycles. The van der Waals surface area contributed by atoms with Crippen molar-refractivity contribution in [3.05, 3.63) is 0 Å². The summed E-state index contributed by atoms with van der Waals surface area (Å²) in [6.07, 6.45) is -1.12. The molecule has 0 saturated carbocycles. The van der Waals surface area contributed by atoms with Crippen molar-refractivity contribution in [2.75, 3.05) is 13.2 Å². The van der Waals surface area contributed by atoms with E-state index in [0.717, 1.165) is 6.42 Å². The molecule has 2 fully saturated rings. The molecule has 8 nitrogen and oxygen atoms in total. The van der Waals surface area contributed by atoms with E-state index in [4.69, 9.17) is 18.9 Å². The smallest absolute Gasteiger partial charge is 0.309 e. The molecule has 0 radical (unpaired) electrons. The number of carbonyl (C=O) groups is 4. The van der Waals surface area contributed by atoms with Gasteiger partial charge in [0.2, 0.25) is 0 Å². The molecule has 2 heterocycles. The van der Waals surface area contributed by atoms with Gasteiger partial charge in [-0.05, 0) is 31.6 Å². The van der Waals surface area contributed by atoms with Gasteiger partial charge >= 0.3 is 11.9 Å². The molecule has 182 valence electrons. The summed E-state index contributed by atoms with van der Waals surface area (Å²) in [5, 5.41) is 0. The summed E-state index contributed by atoms with van der Waals surface area (Å²) >= 11 is 0. The number of ether oxygens (including phenoxy) is 4. The summed E-state index contributed by atoms with van der Waals surface area (Å²) in [6.45, 7) is 11.6. The van der Waals surface area contributed by atoms with Gasteiger partial charge in [0, 0.05) is 6.42 Å². The van der Waals surface area contributed by atoms with Gasteiger partial charge in [-0.2, -0.15) is 0 Å². The van der Waals surface area contributed by atoms with Crippen LogP contribution in [0.3, 0.4) is 0 Å². The van der Waals surface area contributed by atoms with Crippen LogP contribution in [0, 0.1) is 23.7 Å².